The Hall–Kier alpha value is -3.17. The van der Waals surface area contributed by atoms with Gasteiger partial charge in [-0.2, -0.15) is 13.2 Å². The third kappa shape index (κ3) is 6.24. The molecule has 2 aromatic carbocycles. The Labute approximate surface area is 194 Å². The van der Waals surface area contributed by atoms with Gasteiger partial charge in [-0.05, 0) is 48.0 Å². The van der Waals surface area contributed by atoms with Crippen LogP contribution in [0.15, 0.2) is 71.3 Å². The van der Waals surface area contributed by atoms with Gasteiger partial charge in [0.2, 0.25) is 0 Å². The molecular weight excluding hydrogens is 452 g/mol. The number of carbonyl (C=O) groups excluding carboxylic acids is 1. The fourth-order valence-electron chi connectivity index (χ4n) is 3.97. The second kappa shape index (κ2) is 10.4. The Morgan fingerprint density at radius 3 is 2.59 bits per heavy atom. The van der Waals surface area contributed by atoms with Crippen LogP contribution in [0.5, 0.6) is 0 Å². The number of halogens is 4. The van der Waals surface area contributed by atoms with E-state index in [-0.39, 0.29) is 25.1 Å². The highest BCUT2D eigenvalue weighted by atomic mass is 19.4. The van der Waals surface area contributed by atoms with Gasteiger partial charge in [-0.15, -0.1) is 0 Å². The molecule has 1 unspecified atom stereocenters. The van der Waals surface area contributed by atoms with Crippen LogP contribution in [0.2, 0.25) is 0 Å². The molecule has 180 valence electrons. The number of hydrogen-bond acceptors (Lipinski definition) is 4. The maximum Gasteiger partial charge on any atom is 0.416 e. The van der Waals surface area contributed by atoms with Crippen LogP contribution >= 0.6 is 0 Å². The molecule has 0 radical (unpaired) electrons. The van der Waals surface area contributed by atoms with Crippen molar-refractivity contribution in [1.82, 2.24) is 9.80 Å². The van der Waals surface area contributed by atoms with E-state index in [0.717, 1.165) is 12.1 Å². The van der Waals surface area contributed by atoms with Crippen molar-refractivity contribution in [2.75, 3.05) is 26.2 Å². The van der Waals surface area contributed by atoms with Gasteiger partial charge >= 0.3 is 6.18 Å². The predicted molar refractivity (Wildman–Crippen MR) is 116 cm³/mol. The van der Waals surface area contributed by atoms with E-state index in [4.69, 9.17) is 9.15 Å². The zero-order valence-electron chi connectivity index (χ0n) is 18.3. The van der Waals surface area contributed by atoms with Gasteiger partial charge in [-0.25, -0.2) is 4.39 Å². The van der Waals surface area contributed by atoms with Crippen molar-refractivity contribution in [3.8, 4) is 0 Å². The highest BCUT2D eigenvalue weighted by molar-refractivity contribution is 5.94. The average molecular weight is 476 g/mol. The minimum atomic E-state index is -4.39. The number of nitrogens with zero attached hydrogens (tertiary/aromatic N) is 2. The minimum Gasteiger partial charge on any atom is -0.467 e. The van der Waals surface area contributed by atoms with Crippen molar-refractivity contribution in [2.45, 2.75) is 25.4 Å². The highest BCUT2D eigenvalue weighted by Crippen LogP contribution is 2.30. The summed E-state index contributed by atoms with van der Waals surface area (Å²) in [4.78, 5) is 16.7. The Morgan fingerprint density at radius 1 is 1.09 bits per heavy atom. The monoisotopic (exact) mass is 476 g/mol. The number of morpholine rings is 1. The summed E-state index contributed by atoms with van der Waals surface area (Å²) in [6.07, 6.45) is -3.22. The number of ether oxygens (including phenoxy) is 1. The molecule has 1 aromatic heterocycles. The summed E-state index contributed by atoms with van der Waals surface area (Å²) in [5.74, 6) is -0.142. The molecule has 0 spiro atoms. The number of carbonyl (C=O) groups is 1. The van der Waals surface area contributed by atoms with Crippen LogP contribution < -0.4 is 0 Å². The van der Waals surface area contributed by atoms with Gasteiger partial charge in [-0.1, -0.05) is 18.2 Å². The quantitative estimate of drug-likeness (QED) is 0.452. The number of rotatable bonds is 7. The Bertz CT molecular complexity index is 1080. The van der Waals surface area contributed by atoms with E-state index >= 15 is 0 Å². The summed E-state index contributed by atoms with van der Waals surface area (Å²) >= 11 is 0. The van der Waals surface area contributed by atoms with Crippen molar-refractivity contribution in [3.05, 3.63) is 95.2 Å². The molecule has 9 heteroatoms. The first-order valence-corrected chi connectivity index (χ1v) is 10.9. The van der Waals surface area contributed by atoms with Gasteiger partial charge in [0.05, 0.1) is 31.1 Å². The normalized spacial score (nSPS) is 17.0. The van der Waals surface area contributed by atoms with Crippen LogP contribution in [-0.2, 0) is 24.0 Å². The molecule has 5 nitrogen and oxygen atoms in total. The molecule has 1 fully saturated rings. The number of benzene rings is 2. The van der Waals surface area contributed by atoms with E-state index in [0.29, 0.717) is 43.1 Å². The molecule has 0 aliphatic carbocycles. The van der Waals surface area contributed by atoms with Crippen molar-refractivity contribution in [1.29, 1.82) is 0 Å². The van der Waals surface area contributed by atoms with Gasteiger partial charge in [0.15, 0.2) is 0 Å². The van der Waals surface area contributed by atoms with Crippen molar-refractivity contribution in [2.24, 2.45) is 0 Å². The standard InChI is InChI=1S/C25H24F4N2O3/c26-21-8-6-19(7-9-21)24(32)31(16-22-5-2-11-33-22)17-23-15-30(10-12-34-23)14-18-3-1-4-20(13-18)25(27,28)29/h1-9,11,13,23H,10,12,14-17H2. The molecule has 1 aliphatic heterocycles. The van der Waals surface area contributed by atoms with E-state index in [2.05, 4.69) is 0 Å². The first-order chi connectivity index (χ1) is 16.3. The molecule has 0 saturated carbocycles. The third-order valence-electron chi connectivity index (χ3n) is 5.61. The molecular formula is C25H24F4N2O3. The lowest BCUT2D eigenvalue weighted by molar-refractivity contribution is -0.137. The maximum atomic E-state index is 13.3. The van der Waals surface area contributed by atoms with Gasteiger partial charge in [0.1, 0.15) is 11.6 Å². The van der Waals surface area contributed by atoms with Gasteiger partial charge in [0, 0.05) is 31.7 Å². The predicted octanol–water partition coefficient (Wildman–Crippen LogP) is 4.98. The number of amides is 1. The summed E-state index contributed by atoms with van der Waals surface area (Å²) in [6, 6.07) is 14.1. The Morgan fingerprint density at radius 2 is 1.88 bits per heavy atom. The molecule has 0 N–H and O–H groups in total. The van der Waals surface area contributed by atoms with E-state index in [1.807, 2.05) is 4.90 Å². The summed E-state index contributed by atoms with van der Waals surface area (Å²) < 4.78 is 63.7. The van der Waals surface area contributed by atoms with E-state index in [1.54, 1.807) is 23.1 Å². The molecule has 1 aliphatic rings. The molecule has 2 heterocycles. The van der Waals surface area contributed by atoms with Crippen LogP contribution in [0.3, 0.4) is 0 Å². The van der Waals surface area contributed by atoms with Gasteiger partial charge in [0.25, 0.3) is 5.91 Å². The molecule has 34 heavy (non-hydrogen) atoms. The topological polar surface area (TPSA) is 45.9 Å². The van der Waals surface area contributed by atoms with Gasteiger partial charge < -0.3 is 14.1 Å². The molecule has 1 amide bonds. The van der Waals surface area contributed by atoms with E-state index in [1.165, 1.54) is 36.6 Å². The zero-order valence-corrected chi connectivity index (χ0v) is 18.3. The lowest BCUT2D eigenvalue weighted by atomic mass is 10.1. The lowest BCUT2D eigenvalue weighted by Crippen LogP contribution is -2.48. The molecule has 1 saturated heterocycles. The first kappa shape index (κ1) is 24.0. The number of alkyl halides is 3. The van der Waals surface area contributed by atoms with Crippen LogP contribution in [0, 0.1) is 5.82 Å². The third-order valence-corrected chi connectivity index (χ3v) is 5.61. The summed E-state index contributed by atoms with van der Waals surface area (Å²) in [7, 11) is 0. The first-order valence-electron chi connectivity index (χ1n) is 10.9. The van der Waals surface area contributed by atoms with Crippen LogP contribution in [0.4, 0.5) is 17.6 Å². The minimum absolute atomic E-state index is 0.205. The van der Waals surface area contributed by atoms with Crippen molar-refractivity contribution >= 4 is 5.91 Å². The second-order valence-corrected chi connectivity index (χ2v) is 8.20. The lowest BCUT2D eigenvalue weighted by Gasteiger charge is -2.35. The molecule has 0 bridgehead atoms. The average Bonchev–Trinajstić information content (AvgIpc) is 3.32. The maximum absolute atomic E-state index is 13.3. The van der Waals surface area contributed by atoms with Gasteiger partial charge in [-0.3, -0.25) is 9.69 Å². The molecule has 3 aromatic rings. The highest BCUT2D eigenvalue weighted by Gasteiger charge is 2.31. The fourth-order valence-corrected chi connectivity index (χ4v) is 3.97. The van der Waals surface area contributed by atoms with Crippen molar-refractivity contribution in [3.63, 3.8) is 0 Å². The van der Waals surface area contributed by atoms with E-state index in [9.17, 15) is 22.4 Å². The Kier molecular flexibility index (Phi) is 7.33. The SMILES string of the molecule is O=C(c1ccc(F)cc1)N(Cc1ccco1)CC1CN(Cc2cccc(C(F)(F)F)c2)CCO1. The summed E-state index contributed by atoms with van der Waals surface area (Å²) in [6.45, 7) is 2.20. The Balaban J connectivity index is 1.44. The van der Waals surface area contributed by atoms with Crippen LogP contribution in [0.1, 0.15) is 27.2 Å². The smallest absolute Gasteiger partial charge is 0.416 e. The molecule has 1 atom stereocenters. The van der Waals surface area contributed by atoms with Crippen LogP contribution in [-0.4, -0.2) is 48.1 Å². The fraction of sp³-hybridized carbons (Fsp3) is 0.320. The summed E-state index contributed by atoms with van der Waals surface area (Å²) in [5, 5.41) is 0. The second-order valence-electron chi connectivity index (χ2n) is 8.20. The number of hydrogen-bond donors (Lipinski definition) is 0. The number of furan rings is 1. The molecule has 4 rings (SSSR count). The van der Waals surface area contributed by atoms with E-state index < -0.39 is 17.6 Å². The summed E-state index contributed by atoms with van der Waals surface area (Å²) in [5.41, 5.74) is 0.221. The van der Waals surface area contributed by atoms with Crippen LogP contribution in [0.25, 0.3) is 0 Å². The zero-order chi connectivity index (χ0) is 24.1. The van der Waals surface area contributed by atoms with Crippen molar-refractivity contribution < 1.29 is 31.5 Å². The largest absolute Gasteiger partial charge is 0.467 e.